The largest absolute Gasteiger partial charge is 0.504 e. The van der Waals surface area contributed by atoms with Gasteiger partial charge in [0.2, 0.25) is 0 Å². The number of rotatable bonds is 3. The Bertz CT molecular complexity index is 266. The molecule has 0 atom stereocenters. The van der Waals surface area contributed by atoms with E-state index in [9.17, 15) is 0 Å². The SMILES string of the molecule is COC=Cc1cc[c]cc1OC. The maximum Gasteiger partial charge on any atom is 0.126 e. The Kier molecular flexibility index (Phi) is 3.20. The minimum Gasteiger partial charge on any atom is -0.504 e. The molecule has 1 rings (SSSR count). The topological polar surface area (TPSA) is 18.5 Å². The second-order valence-corrected chi connectivity index (χ2v) is 2.21. The summed E-state index contributed by atoms with van der Waals surface area (Å²) in [6.45, 7) is 0. The average Bonchev–Trinajstić information content (AvgIpc) is 2.15. The van der Waals surface area contributed by atoms with E-state index in [4.69, 9.17) is 9.47 Å². The molecule has 0 spiro atoms. The molecule has 0 saturated carbocycles. The van der Waals surface area contributed by atoms with Crippen LogP contribution in [0, 0.1) is 6.07 Å². The summed E-state index contributed by atoms with van der Waals surface area (Å²) in [6.07, 6.45) is 3.45. The van der Waals surface area contributed by atoms with Crippen molar-refractivity contribution in [1.82, 2.24) is 0 Å². The van der Waals surface area contributed by atoms with Gasteiger partial charge in [-0.3, -0.25) is 0 Å². The minimum absolute atomic E-state index is 0.797. The minimum atomic E-state index is 0.797. The van der Waals surface area contributed by atoms with Crippen LogP contribution in [0.1, 0.15) is 5.56 Å². The van der Waals surface area contributed by atoms with E-state index in [1.165, 1.54) is 0 Å². The number of benzene rings is 1. The second kappa shape index (κ2) is 4.44. The fourth-order valence-electron chi connectivity index (χ4n) is 0.883. The molecule has 0 N–H and O–H groups in total. The smallest absolute Gasteiger partial charge is 0.126 e. The molecule has 0 saturated heterocycles. The first kappa shape index (κ1) is 8.65. The summed E-state index contributed by atoms with van der Waals surface area (Å²) in [5, 5.41) is 0. The monoisotopic (exact) mass is 163 g/mol. The summed E-state index contributed by atoms with van der Waals surface area (Å²) in [7, 11) is 3.24. The summed E-state index contributed by atoms with van der Waals surface area (Å²) in [5.41, 5.74) is 0.984. The van der Waals surface area contributed by atoms with Crippen molar-refractivity contribution in [2.45, 2.75) is 0 Å². The normalized spacial score (nSPS) is 10.2. The average molecular weight is 163 g/mol. The predicted octanol–water partition coefficient (Wildman–Crippen LogP) is 2.11. The van der Waals surface area contributed by atoms with Crippen LogP contribution in [0.15, 0.2) is 24.5 Å². The van der Waals surface area contributed by atoms with Gasteiger partial charge in [-0.2, -0.15) is 0 Å². The molecule has 2 nitrogen and oxygen atoms in total. The Morgan fingerprint density at radius 3 is 2.92 bits per heavy atom. The third kappa shape index (κ3) is 2.02. The highest BCUT2D eigenvalue weighted by Gasteiger charge is 1.95. The van der Waals surface area contributed by atoms with Gasteiger partial charge in [0, 0.05) is 5.56 Å². The number of hydrogen-bond acceptors (Lipinski definition) is 2. The Hall–Kier alpha value is -1.44. The molecule has 0 amide bonds. The molecule has 0 aliphatic rings. The zero-order valence-corrected chi connectivity index (χ0v) is 7.20. The molecule has 63 valence electrons. The summed E-state index contributed by atoms with van der Waals surface area (Å²) in [6, 6.07) is 8.46. The summed E-state index contributed by atoms with van der Waals surface area (Å²) in [5.74, 6) is 0.797. The lowest BCUT2D eigenvalue weighted by atomic mass is 10.2. The van der Waals surface area contributed by atoms with Crippen LogP contribution in [0.3, 0.4) is 0 Å². The van der Waals surface area contributed by atoms with Gasteiger partial charge >= 0.3 is 0 Å². The van der Waals surface area contributed by atoms with Crippen LogP contribution in [0.25, 0.3) is 6.08 Å². The third-order valence-electron chi connectivity index (χ3n) is 1.46. The third-order valence-corrected chi connectivity index (χ3v) is 1.46. The Balaban J connectivity index is 2.89. The first-order valence-electron chi connectivity index (χ1n) is 3.62. The lowest BCUT2D eigenvalue weighted by molar-refractivity contribution is 0.341. The van der Waals surface area contributed by atoms with Gasteiger partial charge in [-0.1, -0.05) is 12.1 Å². The number of methoxy groups -OCH3 is 2. The van der Waals surface area contributed by atoms with Crippen LogP contribution in [-0.4, -0.2) is 14.2 Å². The van der Waals surface area contributed by atoms with Crippen molar-refractivity contribution in [1.29, 1.82) is 0 Å². The van der Waals surface area contributed by atoms with Crippen LogP contribution >= 0.6 is 0 Å². The van der Waals surface area contributed by atoms with Gasteiger partial charge in [0.05, 0.1) is 20.5 Å². The van der Waals surface area contributed by atoms with Crippen molar-refractivity contribution in [2.24, 2.45) is 0 Å². The van der Waals surface area contributed by atoms with Gasteiger partial charge < -0.3 is 9.47 Å². The molecule has 0 aliphatic carbocycles. The molecule has 1 aromatic rings. The highest BCUT2D eigenvalue weighted by Crippen LogP contribution is 2.17. The van der Waals surface area contributed by atoms with Crippen molar-refractivity contribution in [3.05, 3.63) is 36.1 Å². The van der Waals surface area contributed by atoms with Gasteiger partial charge in [0.25, 0.3) is 0 Å². The van der Waals surface area contributed by atoms with Crippen LogP contribution in [0.4, 0.5) is 0 Å². The van der Waals surface area contributed by atoms with Gasteiger partial charge in [-0.15, -0.1) is 0 Å². The Morgan fingerprint density at radius 2 is 2.25 bits per heavy atom. The fraction of sp³-hybridized carbons (Fsp3) is 0.200. The molecular formula is C10H11O2. The zero-order chi connectivity index (χ0) is 8.81. The van der Waals surface area contributed by atoms with E-state index in [2.05, 4.69) is 6.07 Å². The molecular weight excluding hydrogens is 152 g/mol. The van der Waals surface area contributed by atoms with Crippen molar-refractivity contribution < 1.29 is 9.47 Å². The maximum atomic E-state index is 5.10. The molecule has 1 radical (unpaired) electrons. The van der Waals surface area contributed by atoms with Crippen LogP contribution in [0.5, 0.6) is 5.75 Å². The first-order chi connectivity index (χ1) is 5.88. The predicted molar refractivity (Wildman–Crippen MR) is 47.9 cm³/mol. The van der Waals surface area contributed by atoms with Crippen molar-refractivity contribution in [2.75, 3.05) is 14.2 Å². The molecule has 0 unspecified atom stereocenters. The number of ether oxygens (including phenoxy) is 2. The van der Waals surface area contributed by atoms with Gasteiger partial charge in [-0.25, -0.2) is 0 Å². The quantitative estimate of drug-likeness (QED) is 0.635. The summed E-state index contributed by atoms with van der Waals surface area (Å²) < 4.78 is 9.90. The Labute approximate surface area is 72.4 Å². The van der Waals surface area contributed by atoms with Crippen LogP contribution in [0.2, 0.25) is 0 Å². The molecule has 0 fully saturated rings. The first-order valence-corrected chi connectivity index (χ1v) is 3.62. The summed E-state index contributed by atoms with van der Waals surface area (Å²) >= 11 is 0. The lowest BCUT2D eigenvalue weighted by Crippen LogP contribution is -1.85. The molecule has 0 bridgehead atoms. The van der Waals surface area contributed by atoms with Gasteiger partial charge in [0.15, 0.2) is 0 Å². The molecule has 0 aromatic heterocycles. The van der Waals surface area contributed by atoms with Crippen molar-refractivity contribution >= 4 is 6.08 Å². The molecule has 0 heterocycles. The zero-order valence-electron chi connectivity index (χ0n) is 7.20. The van der Waals surface area contributed by atoms with E-state index in [1.54, 1.807) is 26.5 Å². The van der Waals surface area contributed by atoms with E-state index in [0.29, 0.717) is 0 Å². The highest BCUT2D eigenvalue weighted by atomic mass is 16.5. The molecule has 2 heteroatoms. The molecule has 1 aromatic carbocycles. The summed E-state index contributed by atoms with van der Waals surface area (Å²) in [4.78, 5) is 0. The number of hydrogen-bond donors (Lipinski definition) is 0. The maximum absolute atomic E-state index is 5.10. The van der Waals surface area contributed by atoms with Gasteiger partial charge in [-0.05, 0) is 18.2 Å². The molecule has 0 aliphatic heterocycles. The highest BCUT2D eigenvalue weighted by molar-refractivity contribution is 5.56. The van der Waals surface area contributed by atoms with E-state index < -0.39 is 0 Å². The van der Waals surface area contributed by atoms with Crippen LogP contribution in [-0.2, 0) is 4.74 Å². The van der Waals surface area contributed by atoms with Crippen molar-refractivity contribution in [3.63, 3.8) is 0 Å². The lowest BCUT2D eigenvalue weighted by Gasteiger charge is -2.02. The van der Waals surface area contributed by atoms with E-state index in [0.717, 1.165) is 11.3 Å². The fourth-order valence-corrected chi connectivity index (χ4v) is 0.883. The van der Waals surface area contributed by atoms with E-state index in [1.807, 2.05) is 18.2 Å². The molecule has 12 heavy (non-hydrogen) atoms. The second-order valence-electron chi connectivity index (χ2n) is 2.21. The van der Waals surface area contributed by atoms with Gasteiger partial charge in [0.1, 0.15) is 5.75 Å². The van der Waals surface area contributed by atoms with Crippen LogP contribution < -0.4 is 4.74 Å². The van der Waals surface area contributed by atoms with Crippen molar-refractivity contribution in [3.8, 4) is 5.75 Å². The standard InChI is InChI=1S/C10H11O2/c1-11-8-7-9-5-3-4-6-10(9)12-2/h3,5-8H,1-2H3. The van der Waals surface area contributed by atoms with E-state index >= 15 is 0 Å². The Morgan fingerprint density at radius 1 is 1.42 bits per heavy atom. The van der Waals surface area contributed by atoms with E-state index in [-0.39, 0.29) is 0 Å².